The highest BCUT2D eigenvalue weighted by Crippen LogP contribution is 2.30. The fraction of sp³-hybridized carbons (Fsp3) is 0.333. The first kappa shape index (κ1) is 19.7. The summed E-state index contributed by atoms with van der Waals surface area (Å²) in [5, 5.41) is 0.880. The predicted molar refractivity (Wildman–Crippen MR) is 104 cm³/mol. The smallest absolute Gasteiger partial charge is 0.246 e. The van der Waals surface area contributed by atoms with E-state index in [1.54, 1.807) is 0 Å². The number of rotatable bonds is 5. The summed E-state index contributed by atoms with van der Waals surface area (Å²) in [5.74, 6) is -1.59. The number of aryl methyl sites for hydroxylation is 1. The highest BCUT2D eigenvalue weighted by Gasteiger charge is 2.37. The monoisotopic (exact) mass is 422 g/mol. The van der Waals surface area contributed by atoms with E-state index in [2.05, 4.69) is 19.7 Å². The second kappa shape index (κ2) is 7.01. The van der Waals surface area contributed by atoms with Crippen LogP contribution in [-0.4, -0.2) is 48.5 Å². The first-order valence-corrected chi connectivity index (χ1v) is 10.4. The molecule has 2 aromatic heterocycles. The summed E-state index contributed by atoms with van der Waals surface area (Å²) in [6.45, 7) is 2.66. The molecule has 0 bridgehead atoms. The molecule has 1 aromatic carbocycles. The van der Waals surface area contributed by atoms with Gasteiger partial charge in [0.1, 0.15) is 29.4 Å². The van der Waals surface area contributed by atoms with Gasteiger partial charge in [0.25, 0.3) is 0 Å². The second-order valence-electron chi connectivity index (χ2n) is 7.30. The molecule has 4 rings (SSSR count). The van der Waals surface area contributed by atoms with Crippen LogP contribution in [0.1, 0.15) is 12.0 Å². The minimum atomic E-state index is -4.39. The topological polar surface area (TPSA) is 117 Å². The SMILES string of the molecule is Cc1c[nH]c2ncnc(N3CCC(N)(CNS(=O)(=O)c4c(F)cccc4F)C3)c12. The molecule has 0 amide bonds. The maximum absolute atomic E-state index is 13.9. The number of H-pyrrole nitrogens is 1. The summed E-state index contributed by atoms with van der Waals surface area (Å²) < 4.78 is 54.8. The highest BCUT2D eigenvalue weighted by atomic mass is 32.2. The molecular weight excluding hydrogens is 402 g/mol. The summed E-state index contributed by atoms with van der Waals surface area (Å²) in [4.78, 5) is 12.6. The van der Waals surface area contributed by atoms with E-state index in [0.29, 0.717) is 31.0 Å². The normalized spacial score (nSPS) is 19.9. The van der Waals surface area contributed by atoms with Gasteiger partial charge in [0.2, 0.25) is 10.0 Å². The summed E-state index contributed by atoms with van der Waals surface area (Å²) in [5.41, 5.74) is 7.17. The van der Waals surface area contributed by atoms with E-state index in [-0.39, 0.29) is 6.54 Å². The molecule has 1 fully saturated rings. The van der Waals surface area contributed by atoms with Gasteiger partial charge < -0.3 is 15.6 Å². The number of hydrogen-bond acceptors (Lipinski definition) is 6. The Morgan fingerprint density at radius 1 is 1.31 bits per heavy atom. The molecule has 11 heteroatoms. The number of nitrogens with one attached hydrogen (secondary N) is 2. The van der Waals surface area contributed by atoms with Crippen molar-refractivity contribution in [3.63, 3.8) is 0 Å². The fourth-order valence-electron chi connectivity index (χ4n) is 3.61. The molecule has 154 valence electrons. The quantitative estimate of drug-likeness (QED) is 0.573. The molecule has 1 aliphatic heterocycles. The van der Waals surface area contributed by atoms with Crippen LogP contribution < -0.4 is 15.4 Å². The van der Waals surface area contributed by atoms with E-state index >= 15 is 0 Å². The number of benzene rings is 1. The summed E-state index contributed by atoms with van der Waals surface area (Å²) in [7, 11) is -4.39. The Bertz CT molecular complexity index is 1160. The third-order valence-electron chi connectivity index (χ3n) is 5.13. The number of nitrogens with two attached hydrogens (primary N) is 1. The van der Waals surface area contributed by atoms with Gasteiger partial charge in [-0.05, 0) is 31.0 Å². The van der Waals surface area contributed by atoms with Crippen LogP contribution in [0.25, 0.3) is 11.0 Å². The number of aromatic amines is 1. The van der Waals surface area contributed by atoms with Gasteiger partial charge in [0, 0.05) is 31.4 Å². The van der Waals surface area contributed by atoms with Gasteiger partial charge in [-0.1, -0.05) is 6.07 Å². The zero-order chi connectivity index (χ0) is 20.8. The lowest BCUT2D eigenvalue weighted by molar-refractivity contribution is 0.455. The summed E-state index contributed by atoms with van der Waals surface area (Å²) in [6.07, 6.45) is 3.77. The largest absolute Gasteiger partial charge is 0.354 e. The fourth-order valence-corrected chi connectivity index (χ4v) is 4.88. The number of nitrogens with zero attached hydrogens (tertiary/aromatic N) is 3. The highest BCUT2D eigenvalue weighted by molar-refractivity contribution is 7.89. The molecule has 3 heterocycles. The summed E-state index contributed by atoms with van der Waals surface area (Å²) >= 11 is 0. The van der Waals surface area contributed by atoms with Crippen molar-refractivity contribution in [3.05, 3.63) is 47.9 Å². The lowest BCUT2D eigenvalue weighted by atomic mass is 10.0. The Morgan fingerprint density at radius 3 is 2.76 bits per heavy atom. The molecule has 0 aliphatic carbocycles. The van der Waals surface area contributed by atoms with Crippen molar-refractivity contribution in [3.8, 4) is 0 Å². The van der Waals surface area contributed by atoms with Crippen LogP contribution in [-0.2, 0) is 10.0 Å². The maximum Gasteiger partial charge on any atom is 0.246 e. The Hall–Kier alpha value is -2.63. The predicted octanol–water partition coefficient (Wildman–Crippen LogP) is 1.43. The van der Waals surface area contributed by atoms with E-state index in [0.717, 1.165) is 29.1 Å². The molecular formula is C18H20F2N6O2S. The Balaban J connectivity index is 1.53. The standard InChI is InChI=1S/C18H20F2N6O2S/c1-11-7-22-16-14(11)17(24-10-23-16)26-6-5-18(21,9-26)8-25-29(27,28)15-12(19)3-2-4-13(15)20/h2-4,7,10,25H,5-6,8-9,21H2,1H3,(H,22,23,24). The van der Waals surface area contributed by atoms with Gasteiger partial charge >= 0.3 is 0 Å². The molecule has 0 spiro atoms. The van der Waals surface area contributed by atoms with Gasteiger partial charge in [0.15, 0.2) is 4.90 Å². The Morgan fingerprint density at radius 2 is 2.03 bits per heavy atom. The molecule has 29 heavy (non-hydrogen) atoms. The third-order valence-corrected chi connectivity index (χ3v) is 6.59. The van der Waals surface area contributed by atoms with Crippen LogP contribution in [0.4, 0.5) is 14.6 Å². The van der Waals surface area contributed by atoms with Crippen LogP contribution in [0, 0.1) is 18.6 Å². The molecule has 8 nitrogen and oxygen atoms in total. The van der Waals surface area contributed by atoms with Crippen molar-refractivity contribution in [1.29, 1.82) is 0 Å². The molecule has 1 saturated heterocycles. The molecule has 1 aliphatic rings. The van der Waals surface area contributed by atoms with E-state index in [4.69, 9.17) is 5.73 Å². The molecule has 0 saturated carbocycles. The van der Waals surface area contributed by atoms with Gasteiger partial charge in [-0.2, -0.15) is 0 Å². The van der Waals surface area contributed by atoms with Crippen LogP contribution >= 0.6 is 0 Å². The molecule has 3 aromatic rings. The van der Waals surface area contributed by atoms with Crippen molar-refractivity contribution in [2.75, 3.05) is 24.5 Å². The van der Waals surface area contributed by atoms with Crippen LogP contribution in [0.15, 0.2) is 35.6 Å². The van der Waals surface area contributed by atoms with E-state index in [1.165, 1.54) is 6.33 Å². The van der Waals surface area contributed by atoms with Crippen LogP contribution in [0.5, 0.6) is 0 Å². The van der Waals surface area contributed by atoms with Crippen molar-refractivity contribution in [1.82, 2.24) is 19.7 Å². The van der Waals surface area contributed by atoms with Crippen molar-refractivity contribution >= 4 is 26.9 Å². The Kier molecular flexibility index (Phi) is 4.75. The minimum absolute atomic E-state index is 0.167. The van der Waals surface area contributed by atoms with Gasteiger partial charge in [-0.25, -0.2) is 31.9 Å². The number of halogens is 2. The first-order chi connectivity index (χ1) is 13.7. The van der Waals surface area contributed by atoms with Crippen LogP contribution in [0.3, 0.4) is 0 Å². The van der Waals surface area contributed by atoms with Crippen LogP contribution in [0.2, 0.25) is 0 Å². The first-order valence-electron chi connectivity index (χ1n) is 8.96. The lowest BCUT2D eigenvalue weighted by Crippen LogP contribution is -2.52. The number of fused-ring (bicyclic) bond motifs is 1. The zero-order valence-corrected chi connectivity index (χ0v) is 16.4. The maximum atomic E-state index is 13.9. The summed E-state index contributed by atoms with van der Waals surface area (Å²) in [6, 6.07) is 2.90. The van der Waals surface area contributed by atoms with E-state index in [1.807, 2.05) is 18.0 Å². The zero-order valence-electron chi connectivity index (χ0n) is 15.6. The number of hydrogen-bond donors (Lipinski definition) is 3. The van der Waals surface area contributed by atoms with E-state index in [9.17, 15) is 17.2 Å². The van der Waals surface area contributed by atoms with Crippen molar-refractivity contribution in [2.24, 2.45) is 5.73 Å². The molecule has 1 unspecified atom stereocenters. The van der Waals surface area contributed by atoms with E-state index < -0.39 is 32.1 Å². The Labute approximate surface area is 166 Å². The average molecular weight is 422 g/mol. The number of aromatic nitrogens is 3. The molecule has 4 N–H and O–H groups in total. The van der Waals surface area contributed by atoms with Crippen molar-refractivity contribution in [2.45, 2.75) is 23.8 Å². The number of anilines is 1. The van der Waals surface area contributed by atoms with Gasteiger partial charge in [-0.3, -0.25) is 0 Å². The van der Waals surface area contributed by atoms with Gasteiger partial charge in [0.05, 0.1) is 5.39 Å². The average Bonchev–Trinajstić information content (AvgIpc) is 3.24. The molecule has 0 radical (unpaired) electrons. The molecule has 1 atom stereocenters. The number of sulfonamides is 1. The third kappa shape index (κ3) is 3.56. The minimum Gasteiger partial charge on any atom is -0.354 e. The lowest BCUT2D eigenvalue weighted by Gasteiger charge is -2.25. The second-order valence-corrected chi connectivity index (χ2v) is 9.01. The van der Waals surface area contributed by atoms with Crippen molar-refractivity contribution < 1.29 is 17.2 Å². The van der Waals surface area contributed by atoms with Gasteiger partial charge in [-0.15, -0.1) is 0 Å².